The van der Waals surface area contributed by atoms with Crippen LogP contribution in [0.4, 0.5) is 0 Å². The highest BCUT2D eigenvalue weighted by molar-refractivity contribution is 5.71. The number of nitrogens with zero attached hydrogens (tertiary/aromatic N) is 1. The lowest BCUT2D eigenvalue weighted by atomic mass is 10.0. The normalized spacial score (nSPS) is 13.8. The third-order valence-corrected chi connectivity index (χ3v) is 12.3. The third kappa shape index (κ3) is 34.6. The molecule has 0 N–H and O–H groups in total. The van der Waals surface area contributed by atoms with Gasteiger partial charge in [-0.05, 0) is 110 Å². The van der Waals surface area contributed by atoms with Gasteiger partial charge in [-0.3, -0.25) is 9.59 Å². The van der Waals surface area contributed by atoms with Crippen LogP contribution in [0.1, 0.15) is 259 Å². The number of esters is 3. The van der Waals surface area contributed by atoms with E-state index in [9.17, 15) is 14.4 Å². The molecular formula is C51H97NO7. The van der Waals surface area contributed by atoms with E-state index in [1.165, 1.54) is 77.0 Å². The van der Waals surface area contributed by atoms with Crippen molar-refractivity contribution in [1.29, 1.82) is 0 Å². The largest absolute Gasteiger partial charge is 0.462 e. The SMILES string of the molecule is CCCCCCC(CCCCCC)OC(=O)CCCCCCCC(CCCCCCCC(=O)OC(CCCCCC)CCCCCC)OC(=O)COC1CCN(C)CC1. The molecule has 0 saturated carbocycles. The van der Waals surface area contributed by atoms with E-state index in [1.807, 2.05) is 0 Å². The monoisotopic (exact) mass is 836 g/mol. The summed E-state index contributed by atoms with van der Waals surface area (Å²) in [6.07, 6.45) is 38.4. The minimum Gasteiger partial charge on any atom is -0.462 e. The molecule has 1 saturated heterocycles. The van der Waals surface area contributed by atoms with Crippen LogP contribution in [-0.4, -0.2) is 74.0 Å². The van der Waals surface area contributed by atoms with Crippen LogP contribution in [0.2, 0.25) is 0 Å². The Morgan fingerprint density at radius 3 is 1.05 bits per heavy atom. The molecule has 8 heteroatoms. The summed E-state index contributed by atoms with van der Waals surface area (Å²) < 4.78 is 23.9. The molecule has 0 aromatic carbocycles. The van der Waals surface area contributed by atoms with E-state index >= 15 is 0 Å². The first-order valence-corrected chi connectivity index (χ1v) is 25.7. The Balaban J connectivity index is 2.43. The summed E-state index contributed by atoms with van der Waals surface area (Å²) in [5, 5.41) is 0. The van der Waals surface area contributed by atoms with Crippen molar-refractivity contribution in [1.82, 2.24) is 4.90 Å². The molecule has 8 nitrogen and oxygen atoms in total. The lowest BCUT2D eigenvalue weighted by Crippen LogP contribution is -2.35. The first kappa shape index (κ1) is 55.3. The fourth-order valence-corrected chi connectivity index (χ4v) is 8.37. The molecule has 0 bridgehead atoms. The molecule has 1 aliphatic heterocycles. The number of likely N-dealkylation sites (tertiary alicyclic amines) is 1. The molecule has 348 valence electrons. The van der Waals surface area contributed by atoms with Gasteiger partial charge < -0.3 is 23.8 Å². The fourth-order valence-electron chi connectivity index (χ4n) is 8.37. The molecular weight excluding hydrogens is 739 g/mol. The number of hydrogen-bond donors (Lipinski definition) is 0. The van der Waals surface area contributed by atoms with Gasteiger partial charge in [0.25, 0.3) is 0 Å². The predicted molar refractivity (Wildman–Crippen MR) is 246 cm³/mol. The Hall–Kier alpha value is -1.67. The number of rotatable bonds is 42. The molecule has 0 unspecified atom stereocenters. The Labute approximate surface area is 365 Å². The first-order valence-electron chi connectivity index (χ1n) is 25.7. The minimum absolute atomic E-state index is 0.0228. The summed E-state index contributed by atoms with van der Waals surface area (Å²) in [5.41, 5.74) is 0. The molecule has 0 aliphatic carbocycles. The number of unbranched alkanes of at least 4 members (excludes halogenated alkanes) is 20. The minimum atomic E-state index is -0.242. The summed E-state index contributed by atoms with van der Waals surface area (Å²) in [6.45, 7) is 11.0. The fraction of sp³-hybridized carbons (Fsp3) is 0.941. The average Bonchev–Trinajstić information content (AvgIpc) is 3.22. The summed E-state index contributed by atoms with van der Waals surface area (Å²) >= 11 is 0. The van der Waals surface area contributed by atoms with Crippen molar-refractivity contribution in [2.75, 3.05) is 26.7 Å². The zero-order chi connectivity index (χ0) is 43.0. The van der Waals surface area contributed by atoms with E-state index in [2.05, 4.69) is 39.6 Å². The number of piperidine rings is 1. The standard InChI is InChI=1S/C51H97NO7/c1-6-10-14-24-32-46(33-25-15-11-7-2)57-49(53)38-30-22-18-20-28-36-48(59-51(55)44-56-45-40-42-52(5)43-41-45)37-29-21-19-23-31-39-50(54)58-47(34-26-16-12-8-3)35-27-17-13-9-4/h45-48H,6-44H2,1-5H3. The molecule has 1 rings (SSSR count). The number of ether oxygens (including phenoxy) is 4. The second kappa shape index (κ2) is 40.4. The van der Waals surface area contributed by atoms with Gasteiger partial charge in [-0.1, -0.05) is 143 Å². The lowest BCUT2D eigenvalue weighted by molar-refractivity contribution is -0.158. The second-order valence-corrected chi connectivity index (χ2v) is 18.2. The van der Waals surface area contributed by atoms with E-state index in [4.69, 9.17) is 18.9 Å². The predicted octanol–water partition coefficient (Wildman–Crippen LogP) is 14.2. The summed E-state index contributed by atoms with van der Waals surface area (Å²) in [4.78, 5) is 40.6. The lowest BCUT2D eigenvalue weighted by Gasteiger charge is -2.28. The molecule has 59 heavy (non-hydrogen) atoms. The van der Waals surface area contributed by atoms with Crippen molar-refractivity contribution >= 4 is 17.9 Å². The van der Waals surface area contributed by atoms with Gasteiger partial charge in [0.2, 0.25) is 0 Å². The van der Waals surface area contributed by atoms with Crippen LogP contribution in [0.15, 0.2) is 0 Å². The van der Waals surface area contributed by atoms with Crippen LogP contribution < -0.4 is 0 Å². The molecule has 1 aliphatic rings. The van der Waals surface area contributed by atoms with E-state index in [1.54, 1.807) is 0 Å². The molecule has 0 aromatic rings. The zero-order valence-corrected chi connectivity index (χ0v) is 39.7. The maximum atomic E-state index is 12.9. The molecule has 0 aromatic heterocycles. The van der Waals surface area contributed by atoms with Crippen molar-refractivity contribution in [2.45, 2.75) is 283 Å². The van der Waals surface area contributed by atoms with Crippen molar-refractivity contribution in [2.24, 2.45) is 0 Å². The van der Waals surface area contributed by atoms with Crippen LogP contribution in [-0.2, 0) is 33.3 Å². The topological polar surface area (TPSA) is 91.4 Å². The first-order chi connectivity index (χ1) is 28.8. The Morgan fingerprint density at radius 2 is 0.712 bits per heavy atom. The highest BCUT2D eigenvalue weighted by Gasteiger charge is 2.21. The molecule has 0 spiro atoms. The zero-order valence-electron chi connectivity index (χ0n) is 39.7. The van der Waals surface area contributed by atoms with E-state index in [0.717, 1.165) is 154 Å². The maximum Gasteiger partial charge on any atom is 0.332 e. The van der Waals surface area contributed by atoms with Gasteiger partial charge in [-0.25, -0.2) is 4.79 Å². The van der Waals surface area contributed by atoms with Crippen LogP contribution >= 0.6 is 0 Å². The summed E-state index contributed by atoms with van der Waals surface area (Å²) in [7, 11) is 2.13. The number of carbonyl (C=O) groups is 3. The van der Waals surface area contributed by atoms with Crippen molar-refractivity contribution in [3.63, 3.8) is 0 Å². The highest BCUT2D eigenvalue weighted by atomic mass is 16.6. The summed E-state index contributed by atoms with van der Waals surface area (Å²) in [6, 6.07) is 0. The number of hydrogen-bond acceptors (Lipinski definition) is 8. The Morgan fingerprint density at radius 1 is 0.424 bits per heavy atom. The highest BCUT2D eigenvalue weighted by Crippen LogP contribution is 2.21. The van der Waals surface area contributed by atoms with Crippen LogP contribution in [0.25, 0.3) is 0 Å². The van der Waals surface area contributed by atoms with Gasteiger partial charge in [0.05, 0.1) is 6.10 Å². The average molecular weight is 836 g/mol. The third-order valence-electron chi connectivity index (χ3n) is 12.3. The van der Waals surface area contributed by atoms with Crippen molar-refractivity contribution < 1.29 is 33.3 Å². The van der Waals surface area contributed by atoms with E-state index in [-0.39, 0.29) is 48.9 Å². The molecule has 1 heterocycles. The van der Waals surface area contributed by atoms with Gasteiger partial charge in [-0.2, -0.15) is 0 Å². The van der Waals surface area contributed by atoms with Gasteiger partial charge in [0.1, 0.15) is 24.9 Å². The maximum absolute atomic E-state index is 12.9. The smallest absolute Gasteiger partial charge is 0.332 e. The van der Waals surface area contributed by atoms with Gasteiger partial charge >= 0.3 is 17.9 Å². The van der Waals surface area contributed by atoms with Crippen LogP contribution in [0.5, 0.6) is 0 Å². The molecule has 0 amide bonds. The summed E-state index contributed by atoms with van der Waals surface area (Å²) in [5.74, 6) is -0.287. The van der Waals surface area contributed by atoms with Crippen molar-refractivity contribution in [3.05, 3.63) is 0 Å². The quantitative estimate of drug-likeness (QED) is 0.0341. The Bertz CT molecular complexity index is 888. The molecule has 0 radical (unpaired) electrons. The Kier molecular flexibility index (Phi) is 37.9. The van der Waals surface area contributed by atoms with Crippen LogP contribution in [0.3, 0.4) is 0 Å². The van der Waals surface area contributed by atoms with Gasteiger partial charge in [0.15, 0.2) is 0 Å². The van der Waals surface area contributed by atoms with E-state index in [0.29, 0.717) is 12.8 Å². The van der Waals surface area contributed by atoms with E-state index < -0.39 is 0 Å². The molecule has 0 atom stereocenters. The van der Waals surface area contributed by atoms with Crippen LogP contribution in [0, 0.1) is 0 Å². The number of carbonyl (C=O) groups excluding carboxylic acids is 3. The second-order valence-electron chi connectivity index (χ2n) is 18.2. The molecule has 1 fully saturated rings. The van der Waals surface area contributed by atoms with Gasteiger partial charge in [0, 0.05) is 25.9 Å². The van der Waals surface area contributed by atoms with Gasteiger partial charge in [-0.15, -0.1) is 0 Å². The van der Waals surface area contributed by atoms with Crippen molar-refractivity contribution in [3.8, 4) is 0 Å².